The maximum absolute atomic E-state index is 12.9. The Morgan fingerprint density at radius 1 is 0.648 bits per heavy atom. The van der Waals surface area contributed by atoms with Gasteiger partial charge < -0.3 is 45.4 Å². The first-order chi connectivity index (χ1) is 26.3. The molecule has 1 aliphatic heterocycles. The van der Waals surface area contributed by atoms with Gasteiger partial charge in [-0.05, 0) is 51.4 Å². The maximum Gasteiger partial charge on any atom is 0.220 e. The SMILES string of the molecule is CCCCC/C=C\C/C=C\C/C=C\C/C=C\CCCC(=O)N[C@@H](COC1OC(CO)C(O)C(O)C1O)[C@H](O)[C@H](O)CCCCCCCCCCCCCC. The maximum atomic E-state index is 12.9. The fourth-order valence-electron chi connectivity index (χ4n) is 6.48. The zero-order valence-corrected chi connectivity index (χ0v) is 33.8. The van der Waals surface area contributed by atoms with Gasteiger partial charge in [-0.25, -0.2) is 0 Å². The van der Waals surface area contributed by atoms with E-state index in [1.165, 1.54) is 70.6 Å². The molecule has 10 nitrogen and oxygen atoms in total. The number of aliphatic hydroxyl groups is 6. The van der Waals surface area contributed by atoms with E-state index in [9.17, 15) is 35.4 Å². The van der Waals surface area contributed by atoms with E-state index >= 15 is 0 Å². The summed E-state index contributed by atoms with van der Waals surface area (Å²) in [6.45, 7) is 3.51. The summed E-state index contributed by atoms with van der Waals surface area (Å²) in [5, 5.41) is 64.9. The Balaban J connectivity index is 2.50. The molecular formula is C44H79NO9. The van der Waals surface area contributed by atoms with Crippen LogP contribution >= 0.6 is 0 Å². The lowest BCUT2D eigenvalue weighted by Crippen LogP contribution is -2.60. The van der Waals surface area contributed by atoms with Crippen LogP contribution in [0.25, 0.3) is 0 Å². The third kappa shape index (κ3) is 24.6. The molecule has 0 spiro atoms. The first-order valence-corrected chi connectivity index (χ1v) is 21.4. The predicted octanol–water partition coefficient (Wildman–Crippen LogP) is 7.25. The number of allylic oxidation sites excluding steroid dienone is 8. The molecule has 54 heavy (non-hydrogen) atoms. The molecular weight excluding hydrogens is 686 g/mol. The molecule has 1 aliphatic rings. The highest BCUT2D eigenvalue weighted by Gasteiger charge is 2.44. The number of aliphatic hydroxyl groups excluding tert-OH is 6. The number of ether oxygens (including phenoxy) is 2. The van der Waals surface area contributed by atoms with E-state index in [2.05, 4.69) is 61.7 Å². The monoisotopic (exact) mass is 766 g/mol. The van der Waals surface area contributed by atoms with Gasteiger partial charge in [0.1, 0.15) is 30.5 Å². The minimum atomic E-state index is -1.62. The Kier molecular flexibility index (Phi) is 31.9. The summed E-state index contributed by atoms with van der Waals surface area (Å²) in [6.07, 6.45) is 31.2. The van der Waals surface area contributed by atoms with Crippen LogP contribution in [0.5, 0.6) is 0 Å². The van der Waals surface area contributed by atoms with Crippen LogP contribution in [0.3, 0.4) is 0 Å². The second-order valence-electron chi connectivity index (χ2n) is 14.9. The minimum Gasteiger partial charge on any atom is -0.394 e. The predicted molar refractivity (Wildman–Crippen MR) is 218 cm³/mol. The van der Waals surface area contributed by atoms with Gasteiger partial charge in [-0.1, -0.05) is 152 Å². The molecule has 0 radical (unpaired) electrons. The van der Waals surface area contributed by atoms with Gasteiger partial charge in [0.15, 0.2) is 6.29 Å². The van der Waals surface area contributed by atoms with Crippen molar-refractivity contribution >= 4 is 5.91 Å². The minimum absolute atomic E-state index is 0.204. The van der Waals surface area contributed by atoms with Crippen molar-refractivity contribution < 1.29 is 44.9 Å². The van der Waals surface area contributed by atoms with Crippen LogP contribution in [0.15, 0.2) is 48.6 Å². The van der Waals surface area contributed by atoms with E-state index in [0.29, 0.717) is 19.3 Å². The molecule has 8 atom stereocenters. The molecule has 0 aliphatic carbocycles. The molecule has 1 heterocycles. The summed E-state index contributed by atoms with van der Waals surface area (Å²) in [5.41, 5.74) is 0. The van der Waals surface area contributed by atoms with Crippen molar-refractivity contribution in [3.8, 4) is 0 Å². The van der Waals surface area contributed by atoms with Crippen LogP contribution in [0.1, 0.15) is 162 Å². The standard InChI is InChI=1S/C44H79NO9/c1-3-5-7-9-11-13-15-17-18-19-20-21-23-25-27-29-31-33-39(48)45-36(35-53-44-43(52)42(51)41(50)38(34-46)54-44)40(49)37(47)32-30-28-26-24-22-16-14-12-10-8-6-4-2/h11,13,17-18,20-21,25,27,36-38,40-44,46-47,49-52H,3-10,12,14-16,19,22-24,26,28-35H2,1-2H3,(H,45,48)/b13-11-,18-17-,21-20-,27-25-/t36-,37+,38?,40-,41?,42?,43?,44?/m0/s1. The molecule has 1 amide bonds. The fourth-order valence-corrected chi connectivity index (χ4v) is 6.48. The van der Waals surface area contributed by atoms with Gasteiger partial charge in [-0.15, -0.1) is 0 Å². The first-order valence-electron chi connectivity index (χ1n) is 21.4. The summed E-state index contributed by atoms with van der Waals surface area (Å²) >= 11 is 0. The second-order valence-corrected chi connectivity index (χ2v) is 14.9. The van der Waals surface area contributed by atoms with Crippen molar-refractivity contribution in [2.75, 3.05) is 13.2 Å². The number of amides is 1. The van der Waals surface area contributed by atoms with E-state index in [0.717, 1.165) is 51.4 Å². The third-order valence-electron chi connectivity index (χ3n) is 10.0. The molecule has 314 valence electrons. The van der Waals surface area contributed by atoms with Gasteiger partial charge in [0, 0.05) is 6.42 Å². The second kappa shape index (κ2) is 34.4. The molecule has 5 unspecified atom stereocenters. The van der Waals surface area contributed by atoms with Gasteiger partial charge in [0.2, 0.25) is 5.91 Å². The summed E-state index contributed by atoms with van der Waals surface area (Å²) < 4.78 is 11.1. The van der Waals surface area contributed by atoms with Crippen LogP contribution in [0.2, 0.25) is 0 Å². The van der Waals surface area contributed by atoms with Gasteiger partial charge in [0.25, 0.3) is 0 Å². The van der Waals surface area contributed by atoms with Crippen molar-refractivity contribution in [2.45, 2.75) is 210 Å². The van der Waals surface area contributed by atoms with Gasteiger partial charge >= 0.3 is 0 Å². The quantitative estimate of drug-likeness (QED) is 0.0264. The van der Waals surface area contributed by atoms with Gasteiger partial charge in [0.05, 0.1) is 25.4 Å². The topological polar surface area (TPSA) is 169 Å². The zero-order chi connectivity index (χ0) is 39.7. The highest BCUT2D eigenvalue weighted by Crippen LogP contribution is 2.23. The van der Waals surface area contributed by atoms with Gasteiger partial charge in [-0.2, -0.15) is 0 Å². The van der Waals surface area contributed by atoms with Crippen molar-refractivity contribution in [2.24, 2.45) is 0 Å². The lowest BCUT2D eigenvalue weighted by atomic mass is 9.98. The summed E-state index contributed by atoms with van der Waals surface area (Å²) in [7, 11) is 0. The third-order valence-corrected chi connectivity index (χ3v) is 10.0. The normalized spacial score (nSPS) is 22.6. The van der Waals surface area contributed by atoms with Crippen LogP contribution in [-0.4, -0.2) is 98.7 Å². The van der Waals surface area contributed by atoms with Crippen LogP contribution in [0.4, 0.5) is 0 Å². The number of hydrogen-bond acceptors (Lipinski definition) is 9. The zero-order valence-electron chi connectivity index (χ0n) is 33.8. The largest absolute Gasteiger partial charge is 0.394 e. The molecule has 0 aromatic rings. The fraction of sp³-hybridized carbons (Fsp3) is 0.795. The smallest absolute Gasteiger partial charge is 0.220 e. The number of nitrogens with one attached hydrogen (secondary N) is 1. The molecule has 1 rings (SSSR count). The van der Waals surface area contributed by atoms with Crippen LogP contribution in [0, 0.1) is 0 Å². The Morgan fingerprint density at radius 2 is 1.13 bits per heavy atom. The number of rotatable bonds is 34. The van der Waals surface area contributed by atoms with E-state index < -0.39 is 55.6 Å². The van der Waals surface area contributed by atoms with Gasteiger partial charge in [-0.3, -0.25) is 4.79 Å². The Labute approximate surface area is 327 Å². The van der Waals surface area contributed by atoms with Crippen LogP contribution in [-0.2, 0) is 14.3 Å². The number of hydrogen-bond donors (Lipinski definition) is 7. The average Bonchev–Trinajstić information content (AvgIpc) is 3.17. The Bertz CT molecular complexity index is 1000. The van der Waals surface area contributed by atoms with E-state index in [1.54, 1.807) is 0 Å². The Hall–Kier alpha value is -1.89. The molecule has 7 N–H and O–H groups in total. The van der Waals surface area contributed by atoms with Crippen molar-refractivity contribution in [3.05, 3.63) is 48.6 Å². The average molecular weight is 766 g/mol. The number of carbonyl (C=O) groups excluding carboxylic acids is 1. The Morgan fingerprint density at radius 3 is 1.67 bits per heavy atom. The molecule has 0 aromatic carbocycles. The van der Waals surface area contributed by atoms with Crippen molar-refractivity contribution in [1.29, 1.82) is 0 Å². The molecule has 0 bridgehead atoms. The molecule has 1 saturated heterocycles. The lowest BCUT2D eigenvalue weighted by molar-refractivity contribution is -0.303. The van der Waals surface area contributed by atoms with Crippen LogP contribution < -0.4 is 5.32 Å². The number of carbonyl (C=O) groups is 1. The lowest BCUT2D eigenvalue weighted by Gasteiger charge is -2.40. The first kappa shape index (κ1) is 50.1. The molecule has 1 fully saturated rings. The summed E-state index contributed by atoms with van der Waals surface area (Å²) in [5.74, 6) is -0.315. The summed E-state index contributed by atoms with van der Waals surface area (Å²) in [6, 6.07) is -1.02. The summed E-state index contributed by atoms with van der Waals surface area (Å²) in [4.78, 5) is 12.9. The van der Waals surface area contributed by atoms with E-state index in [-0.39, 0.29) is 18.9 Å². The highest BCUT2D eigenvalue weighted by molar-refractivity contribution is 5.76. The molecule has 0 aromatic heterocycles. The van der Waals surface area contributed by atoms with Crippen molar-refractivity contribution in [3.63, 3.8) is 0 Å². The van der Waals surface area contributed by atoms with E-state index in [4.69, 9.17) is 9.47 Å². The van der Waals surface area contributed by atoms with E-state index in [1.807, 2.05) is 6.08 Å². The molecule has 10 heteroatoms. The highest BCUT2D eigenvalue weighted by atomic mass is 16.7. The van der Waals surface area contributed by atoms with Crippen molar-refractivity contribution in [1.82, 2.24) is 5.32 Å². The molecule has 0 saturated carbocycles. The number of unbranched alkanes of at least 4 members (excludes halogenated alkanes) is 15.